The fraction of sp³-hybridized carbons (Fsp3) is 0.444. The molecule has 0 aliphatic rings. The summed E-state index contributed by atoms with van der Waals surface area (Å²) in [5, 5.41) is 20.6. The van der Waals surface area contributed by atoms with Crippen molar-refractivity contribution in [2.75, 3.05) is 6.61 Å². The molecule has 7 heteroatoms. The van der Waals surface area contributed by atoms with Gasteiger partial charge in [-0.15, -0.1) is 15.0 Å². The van der Waals surface area contributed by atoms with Crippen LogP contribution in [0.5, 0.6) is 5.75 Å². The number of hydrogen-bond acceptors (Lipinski definition) is 5. The van der Waals surface area contributed by atoms with Gasteiger partial charge in [0.2, 0.25) is 0 Å². The summed E-state index contributed by atoms with van der Waals surface area (Å²) in [6, 6.07) is 8.89. The quantitative estimate of drug-likeness (QED) is 0.191. The zero-order valence-corrected chi connectivity index (χ0v) is 21.2. The van der Waals surface area contributed by atoms with Crippen LogP contribution in [0.1, 0.15) is 77.3 Å². The second-order valence-electron chi connectivity index (χ2n) is 9.58. The Morgan fingerprint density at radius 2 is 1.76 bits per heavy atom. The van der Waals surface area contributed by atoms with Gasteiger partial charge in [-0.3, -0.25) is 0 Å². The minimum absolute atomic E-state index is 0.0988. The number of aromatic hydroxyl groups is 1. The molecular weight excluding hydrogens is 450 g/mol. The van der Waals surface area contributed by atoms with Crippen molar-refractivity contribution in [3.63, 3.8) is 0 Å². The lowest BCUT2D eigenvalue weighted by Gasteiger charge is -2.22. The highest BCUT2D eigenvalue weighted by Gasteiger charge is 2.23. The van der Waals surface area contributed by atoms with E-state index in [1.807, 2.05) is 26.8 Å². The molecular formula is C27H34ClN3O3. The standard InChI is InChI=1S/C27H34ClN3O3/c1-5-6-7-8-9-10-15-34-25(32)14-11-19-16-21(27(2,3)4)26(33)24(17-19)31-29-22-13-12-20(28)18-23(22)30-31/h11-14,16-18,33H,5-10,15H2,1-4H3. The molecule has 0 bridgehead atoms. The van der Waals surface area contributed by atoms with E-state index in [2.05, 4.69) is 17.1 Å². The van der Waals surface area contributed by atoms with Gasteiger partial charge >= 0.3 is 5.97 Å². The van der Waals surface area contributed by atoms with Crippen molar-refractivity contribution in [3.8, 4) is 11.4 Å². The lowest BCUT2D eigenvalue weighted by Crippen LogP contribution is -2.13. The molecule has 0 amide bonds. The van der Waals surface area contributed by atoms with Crippen molar-refractivity contribution in [2.24, 2.45) is 0 Å². The molecule has 0 radical (unpaired) electrons. The predicted octanol–water partition coefficient (Wildman–Crippen LogP) is 6.99. The maximum atomic E-state index is 12.2. The average Bonchev–Trinajstić information content (AvgIpc) is 3.19. The van der Waals surface area contributed by atoms with Gasteiger partial charge in [0.15, 0.2) is 0 Å². The van der Waals surface area contributed by atoms with Crippen molar-refractivity contribution in [3.05, 3.63) is 52.6 Å². The van der Waals surface area contributed by atoms with Crippen LogP contribution in [0, 0.1) is 0 Å². The number of nitrogens with zero attached hydrogens (tertiary/aromatic N) is 3. The van der Waals surface area contributed by atoms with E-state index in [9.17, 15) is 9.90 Å². The number of phenols is 1. The number of phenolic OH excluding ortho intramolecular Hbond substituents is 1. The maximum absolute atomic E-state index is 12.2. The van der Waals surface area contributed by atoms with Crippen LogP contribution >= 0.6 is 11.6 Å². The second-order valence-corrected chi connectivity index (χ2v) is 10.0. The van der Waals surface area contributed by atoms with Gasteiger partial charge in [-0.1, -0.05) is 71.4 Å². The van der Waals surface area contributed by atoms with E-state index in [0.29, 0.717) is 28.4 Å². The molecule has 0 saturated heterocycles. The van der Waals surface area contributed by atoms with E-state index in [4.69, 9.17) is 16.3 Å². The number of unbranched alkanes of at least 4 members (excludes halogenated alkanes) is 5. The van der Waals surface area contributed by atoms with Crippen molar-refractivity contribution in [1.29, 1.82) is 0 Å². The second kappa shape index (κ2) is 11.5. The molecule has 0 fully saturated rings. The summed E-state index contributed by atoms with van der Waals surface area (Å²) >= 11 is 6.08. The van der Waals surface area contributed by atoms with Crippen LogP contribution in [-0.2, 0) is 14.9 Å². The van der Waals surface area contributed by atoms with E-state index in [1.165, 1.54) is 36.6 Å². The maximum Gasteiger partial charge on any atom is 0.330 e. The van der Waals surface area contributed by atoms with Crippen LogP contribution in [-0.4, -0.2) is 32.7 Å². The highest BCUT2D eigenvalue weighted by molar-refractivity contribution is 6.31. The van der Waals surface area contributed by atoms with Crippen molar-refractivity contribution < 1.29 is 14.6 Å². The normalized spacial score (nSPS) is 12.0. The summed E-state index contributed by atoms with van der Waals surface area (Å²) in [6.07, 6.45) is 9.96. The zero-order chi connectivity index (χ0) is 24.7. The number of rotatable bonds is 10. The molecule has 2 aromatic carbocycles. The smallest absolute Gasteiger partial charge is 0.330 e. The number of benzene rings is 2. The Morgan fingerprint density at radius 3 is 2.50 bits per heavy atom. The monoisotopic (exact) mass is 483 g/mol. The first kappa shape index (κ1) is 25.8. The molecule has 0 atom stereocenters. The van der Waals surface area contributed by atoms with Crippen molar-refractivity contribution in [1.82, 2.24) is 15.0 Å². The molecule has 6 nitrogen and oxygen atoms in total. The first-order valence-corrected chi connectivity index (χ1v) is 12.3. The number of fused-ring (bicyclic) bond motifs is 1. The van der Waals surface area contributed by atoms with Gasteiger partial charge in [0.25, 0.3) is 0 Å². The molecule has 0 unspecified atom stereocenters. The molecule has 1 aromatic heterocycles. The third kappa shape index (κ3) is 6.83. The molecule has 1 heterocycles. The minimum atomic E-state index is -0.377. The number of carbonyl (C=O) groups is 1. The van der Waals surface area contributed by atoms with Crippen LogP contribution in [0.15, 0.2) is 36.4 Å². The van der Waals surface area contributed by atoms with E-state index >= 15 is 0 Å². The van der Waals surface area contributed by atoms with Crippen LogP contribution in [0.25, 0.3) is 22.8 Å². The van der Waals surface area contributed by atoms with E-state index < -0.39 is 0 Å². The molecule has 0 aliphatic heterocycles. The number of halogens is 1. The third-order valence-electron chi connectivity index (χ3n) is 5.63. The van der Waals surface area contributed by atoms with Gasteiger partial charge in [0.1, 0.15) is 22.5 Å². The topological polar surface area (TPSA) is 77.2 Å². The molecule has 3 rings (SSSR count). The largest absolute Gasteiger partial charge is 0.505 e. The van der Waals surface area contributed by atoms with Gasteiger partial charge < -0.3 is 9.84 Å². The number of carbonyl (C=O) groups excluding carboxylic acids is 1. The molecule has 0 aliphatic carbocycles. The fourth-order valence-corrected chi connectivity index (χ4v) is 3.89. The highest BCUT2D eigenvalue weighted by Crippen LogP contribution is 2.36. The van der Waals surface area contributed by atoms with E-state index in [1.54, 1.807) is 30.3 Å². The number of hydrogen-bond donors (Lipinski definition) is 1. The number of esters is 1. The Morgan fingerprint density at radius 1 is 1.06 bits per heavy atom. The van der Waals surface area contributed by atoms with Crippen LogP contribution in [0.2, 0.25) is 5.02 Å². The average molecular weight is 484 g/mol. The Kier molecular flexibility index (Phi) is 8.72. The first-order valence-electron chi connectivity index (χ1n) is 11.9. The van der Waals surface area contributed by atoms with Gasteiger partial charge in [0, 0.05) is 16.7 Å². The van der Waals surface area contributed by atoms with Crippen LogP contribution < -0.4 is 0 Å². The van der Waals surface area contributed by atoms with Gasteiger partial charge in [-0.05, 0) is 53.8 Å². The van der Waals surface area contributed by atoms with Crippen LogP contribution in [0.3, 0.4) is 0 Å². The minimum Gasteiger partial charge on any atom is -0.505 e. The number of aromatic nitrogens is 3. The highest BCUT2D eigenvalue weighted by atomic mass is 35.5. The number of ether oxygens (including phenoxy) is 1. The van der Waals surface area contributed by atoms with E-state index in [-0.39, 0.29) is 17.1 Å². The van der Waals surface area contributed by atoms with Crippen molar-refractivity contribution in [2.45, 2.75) is 71.6 Å². The Labute approximate surface area is 206 Å². The van der Waals surface area contributed by atoms with Crippen LogP contribution in [0.4, 0.5) is 0 Å². The summed E-state index contributed by atoms with van der Waals surface area (Å²) in [5.41, 5.74) is 2.86. The molecule has 0 saturated carbocycles. The fourth-order valence-electron chi connectivity index (χ4n) is 3.72. The molecule has 3 aromatic rings. The molecule has 0 spiro atoms. The molecule has 1 N–H and O–H groups in total. The summed E-state index contributed by atoms with van der Waals surface area (Å²) in [6.45, 7) is 8.66. The van der Waals surface area contributed by atoms with Gasteiger partial charge in [0.05, 0.1) is 6.61 Å². The summed E-state index contributed by atoms with van der Waals surface area (Å²) < 4.78 is 5.34. The lowest BCUT2D eigenvalue weighted by molar-refractivity contribution is -0.137. The predicted molar refractivity (Wildman–Crippen MR) is 138 cm³/mol. The Bertz CT molecular complexity index is 1160. The van der Waals surface area contributed by atoms with Gasteiger partial charge in [-0.25, -0.2) is 4.79 Å². The zero-order valence-electron chi connectivity index (χ0n) is 20.5. The Hall–Kier alpha value is -2.86. The summed E-state index contributed by atoms with van der Waals surface area (Å²) in [7, 11) is 0. The van der Waals surface area contributed by atoms with Gasteiger partial charge in [-0.2, -0.15) is 0 Å². The molecule has 182 valence electrons. The molecule has 34 heavy (non-hydrogen) atoms. The summed E-state index contributed by atoms with van der Waals surface area (Å²) in [5.74, 6) is -0.278. The third-order valence-corrected chi connectivity index (χ3v) is 5.87. The lowest BCUT2D eigenvalue weighted by atomic mass is 9.85. The van der Waals surface area contributed by atoms with Crippen molar-refractivity contribution >= 4 is 34.7 Å². The van der Waals surface area contributed by atoms with E-state index in [0.717, 1.165) is 24.0 Å². The SMILES string of the molecule is CCCCCCCCOC(=O)C=Cc1cc(-n2nc3ccc(Cl)cc3n2)c(O)c(C(C)(C)C)c1. The summed E-state index contributed by atoms with van der Waals surface area (Å²) in [4.78, 5) is 13.6. The Balaban J connectivity index is 1.79. The first-order chi connectivity index (χ1) is 16.2.